The molecule has 6 heteroatoms. The standard InChI is InChI=1S/C15H18FN3O2/c1-19(9-11-5-7-21-10-11)6-4-15(20)18-14-8-12(17)2-3-13(14)16/h2-3,5,7-8,10H,4,6,9,17H2,1H3,(H,18,20). The van der Waals surface area contributed by atoms with Crippen LogP contribution in [0, 0.1) is 5.82 Å². The number of anilines is 2. The third kappa shape index (κ3) is 4.61. The van der Waals surface area contributed by atoms with Gasteiger partial charge in [0.1, 0.15) is 5.82 Å². The van der Waals surface area contributed by atoms with Crippen LogP contribution in [-0.4, -0.2) is 24.4 Å². The van der Waals surface area contributed by atoms with E-state index in [2.05, 4.69) is 5.32 Å². The first-order valence-corrected chi connectivity index (χ1v) is 6.59. The number of nitrogen functional groups attached to an aromatic ring is 1. The second-order valence-electron chi connectivity index (χ2n) is 4.91. The summed E-state index contributed by atoms with van der Waals surface area (Å²) < 4.78 is 18.5. The average molecular weight is 291 g/mol. The molecule has 0 saturated carbocycles. The molecule has 0 radical (unpaired) electrons. The molecule has 21 heavy (non-hydrogen) atoms. The Morgan fingerprint density at radius 2 is 2.24 bits per heavy atom. The van der Waals surface area contributed by atoms with Gasteiger partial charge in [0.05, 0.1) is 18.2 Å². The predicted octanol–water partition coefficient (Wildman–Crippen LogP) is 2.46. The summed E-state index contributed by atoms with van der Waals surface area (Å²) >= 11 is 0. The normalized spacial score (nSPS) is 10.8. The largest absolute Gasteiger partial charge is 0.472 e. The minimum Gasteiger partial charge on any atom is -0.472 e. The number of hydrogen-bond donors (Lipinski definition) is 2. The van der Waals surface area contributed by atoms with E-state index in [1.165, 1.54) is 18.2 Å². The molecule has 0 aliphatic heterocycles. The van der Waals surface area contributed by atoms with Crippen LogP contribution in [0.15, 0.2) is 41.2 Å². The number of nitrogens with two attached hydrogens (primary N) is 1. The Bertz CT molecular complexity index is 599. The Kier molecular flexibility index (Phi) is 4.94. The molecule has 1 amide bonds. The summed E-state index contributed by atoms with van der Waals surface area (Å²) in [4.78, 5) is 13.8. The molecule has 0 aliphatic rings. The summed E-state index contributed by atoms with van der Waals surface area (Å²) in [5.41, 5.74) is 7.12. The molecule has 2 aromatic rings. The van der Waals surface area contributed by atoms with Gasteiger partial charge in [-0.05, 0) is 31.3 Å². The number of furan rings is 1. The molecule has 0 bridgehead atoms. The number of carbonyl (C=O) groups is 1. The molecule has 3 N–H and O–H groups in total. The smallest absolute Gasteiger partial charge is 0.225 e. The summed E-state index contributed by atoms with van der Waals surface area (Å²) in [5.74, 6) is -0.747. The van der Waals surface area contributed by atoms with Crippen molar-refractivity contribution in [1.29, 1.82) is 0 Å². The van der Waals surface area contributed by atoms with Crippen molar-refractivity contribution >= 4 is 17.3 Å². The van der Waals surface area contributed by atoms with Crippen molar-refractivity contribution in [1.82, 2.24) is 4.90 Å². The Labute approximate surface area is 122 Å². The zero-order valence-electron chi connectivity index (χ0n) is 11.8. The lowest BCUT2D eigenvalue weighted by Crippen LogP contribution is -2.24. The highest BCUT2D eigenvalue weighted by Crippen LogP contribution is 2.17. The molecule has 1 aromatic carbocycles. The van der Waals surface area contributed by atoms with E-state index in [9.17, 15) is 9.18 Å². The summed E-state index contributed by atoms with van der Waals surface area (Å²) in [6.45, 7) is 1.25. The third-order valence-corrected chi connectivity index (χ3v) is 3.02. The summed E-state index contributed by atoms with van der Waals surface area (Å²) in [6.07, 6.45) is 3.54. The van der Waals surface area contributed by atoms with Gasteiger partial charge in [0.15, 0.2) is 0 Å². The van der Waals surface area contributed by atoms with Crippen LogP contribution in [0.4, 0.5) is 15.8 Å². The summed E-state index contributed by atoms with van der Waals surface area (Å²) in [7, 11) is 1.90. The van der Waals surface area contributed by atoms with Gasteiger partial charge in [-0.25, -0.2) is 4.39 Å². The van der Waals surface area contributed by atoms with E-state index >= 15 is 0 Å². The number of rotatable bonds is 6. The second-order valence-corrected chi connectivity index (χ2v) is 4.91. The van der Waals surface area contributed by atoms with Gasteiger partial charge in [0.2, 0.25) is 5.91 Å². The first-order valence-electron chi connectivity index (χ1n) is 6.59. The molecule has 2 rings (SSSR count). The average Bonchev–Trinajstić information content (AvgIpc) is 2.93. The molecule has 1 aromatic heterocycles. The van der Waals surface area contributed by atoms with Crippen LogP contribution in [0.5, 0.6) is 0 Å². The van der Waals surface area contributed by atoms with E-state index in [0.29, 0.717) is 18.8 Å². The lowest BCUT2D eigenvalue weighted by Gasteiger charge is -2.15. The Hall–Kier alpha value is -2.34. The van der Waals surface area contributed by atoms with Gasteiger partial charge >= 0.3 is 0 Å². The highest BCUT2D eigenvalue weighted by atomic mass is 19.1. The molecule has 0 fully saturated rings. The number of nitrogens with zero attached hydrogens (tertiary/aromatic N) is 1. The van der Waals surface area contributed by atoms with Crippen LogP contribution in [0.1, 0.15) is 12.0 Å². The highest BCUT2D eigenvalue weighted by molar-refractivity contribution is 5.91. The number of carbonyl (C=O) groups excluding carboxylic acids is 1. The van der Waals surface area contributed by atoms with Gasteiger partial charge in [-0.1, -0.05) is 0 Å². The van der Waals surface area contributed by atoms with Crippen LogP contribution < -0.4 is 11.1 Å². The van der Waals surface area contributed by atoms with E-state index in [-0.39, 0.29) is 18.0 Å². The van der Waals surface area contributed by atoms with Crippen LogP contribution in [-0.2, 0) is 11.3 Å². The van der Waals surface area contributed by atoms with Crippen molar-refractivity contribution in [3.05, 3.63) is 48.2 Å². The summed E-state index contributed by atoms with van der Waals surface area (Å²) in [6, 6.07) is 5.96. The van der Waals surface area contributed by atoms with Crippen molar-refractivity contribution in [2.75, 3.05) is 24.6 Å². The maximum Gasteiger partial charge on any atom is 0.225 e. The van der Waals surface area contributed by atoms with E-state index in [1.54, 1.807) is 12.5 Å². The van der Waals surface area contributed by atoms with Gasteiger partial charge in [0.25, 0.3) is 0 Å². The lowest BCUT2D eigenvalue weighted by atomic mass is 10.2. The number of nitrogens with one attached hydrogen (secondary N) is 1. The maximum atomic E-state index is 13.5. The third-order valence-electron chi connectivity index (χ3n) is 3.02. The first kappa shape index (κ1) is 15.1. The molecular formula is C15H18FN3O2. The SMILES string of the molecule is CN(CCC(=O)Nc1cc(N)ccc1F)Cc1ccoc1. The molecular weight excluding hydrogens is 273 g/mol. The van der Waals surface area contributed by atoms with Crippen molar-refractivity contribution in [3.8, 4) is 0 Å². The molecule has 0 spiro atoms. The molecule has 0 aliphatic carbocycles. The van der Waals surface area contributed by atoms with E-state index in [1.807, 2.05) is 18.0 Å². The quantitative estimate of drug-likeness (QED) is 0.802. The topological polar surface area (TPSA) is 71.5 Å². The first-order chi connectivity index (χ1) is 10.0. The fourth-order valence-corrected chi connectivity index (χ4v) is 1.92. The second kappa shape index (κ2) is 6.90. The fraction of sp³-hybridized carbons (Fsp3) is 0.267. The summed E-state index contributed by atoms with van der Waals surface area (Å²) in [5, 5.41) is 2.53. The van der Waals surface area contributed by atoms with Crippen molar-refractivity contribution in [3.63, 3.8) is 0 Å². The fourth-order valence-electron chi connectivity index (χ4n) is 1.92. The van der Waals surface area contributed by atoms with Crippen LogP contribution >= 0.6 is 0 Å². The van der Waals surface area contributed by atoms with Crippen LogP contribution in [0.3, 0.4) is 0 Å². The minimum atomic E-state index is -0.496. The number of hydrogen-bond acceptors (Lipinski definition) is 4. The molecule has 112 valence electrons. The monoisotopic (exact) mass is 291 g/mol. The zero-order chi connectivity index (χ0) is 15.2. The maximum absolute atomic E-state index is 13.5. The van der Waals surface area contributed by atoms with Crippen LogP contribution in [0.25, 0.3) is 0 Å². The zero-order valence-corrected chi connectivity index (χ0v) is 11.8. The van der Waals surface area contributed by atoms with E-state index in [4.69, 9.17) is 10.2 Å². The molecule has 1 heterocycles. The molecule has 5 nitrogen and oxygen atoms in total. The van der Waals surface area contributed by atoms with Gasteiger partial charge < -0.3 is 20.4 Å². The number of benzene rings is 1. The Balaban J connectivity index is 1.80. The number of halogens is 1. The number of amides is 1. The van der Waals surface area contributed by atoms with E-state index in [0.717, 1.165) is 5.56 Å². The minimum absolute atomic E-state index is 0.109. The molecule has 0 saturated heterocycles. The predicted molar refractivity (Wildman–Crippen MR) is 79.1 cm³/mol. The molecule has 0 unspecified atom stereocenters. The van der Waals surface area contributed by atoms with Gasteiger partial charge in [-0.15, -0.1) is 0 Å². The van der Waals surface area contributed by atoms with Gasteiger partial charge in [-0.3, -0.25) is 4.79 Å². The Morgan fingerprint density at radius 1 is 1.43 bits per heavy atom. The molecule has 0 atom stereocenters. The van der Waals surface area contributed by atoms with Crippen molar-refractivity contribution in [2.45, 2.75) is 13.0 Å². The van der Waals surface area contributed by atoms with E-state index < -0.39 is 5.82 Å². The Morgan fingerprint density at radius 3 is 2.95 bits per heavy atom. The highest BCUT2D eigenvalue weighted by Gasteiger charge is 2.09. The van der Waals surface area contributed by atoms with Crippen LogP contribution in [0.2, 0.25) is 0 Å². The van der Waals surface area contributed by atoms with Gasteiger partial charge in [-0.2, -0.15) is 0 Å². The van der Waals surface area contributed by atoms with Crippen molar-refractivity contribution in [2.24, 2.45) is 0 Å². The lowest BCUT2D eigenvalue weighted by molar-refractivity contribution is -0.116. The van der Waals surface area contributed by atoms with Crippen molar-refractivity contribution < 1.29 is 13.6 Å². The van der Waals surface area contributed by atoms with Gasteiger partial charge in [0, 0.05) is 30.8 Å².